The fourth-order valence-corrected chi connectivity index (χ4v) is 2.49. The lowest BCUT2D eigenvalue weighted by Gasteiger charge is -2.35. The SMILES string of the molecule is C/C=C(\O)N(OC(C)(C)C)C(C)c1cccc2ccccc12. The van der Waals surface area contributed by atoms with Gasteiger partial charge in [-0.25, -0.2) is 5.06 Å². The topological polar surface area (TPSA) is 32.7 Å². The molecule has 0 bridgehead atoms. The van der Waals surface area contributed by atoms with Gasteiger partial charge in [-0.3, -0.25) is 4.84 Å². The van der Waals surface area contributed by atoms with Crippen LogP contribution in [-0.2, 0) is 4.84 Å². The van der Waals surface area contributed by atoms with E-state index < -0.39 is 5.60 Å². The summed E-state index contributed by atoms with van der Waals surface area (Å²) in [6.45, 7) is 9.74. The Labute approximate surface area is 132 Å². The predicted molar refractivity (Wildman–Crippen MR) is 91.4 cm³/mol. The zero-order valence-corrected chi connectivity index (χ0v) is 14.0. The van der Waals surface area contributed by atoms with Crippen molar-refractivity contribution >= 4 is 10.8 Å². The van der Waals surface area contributed by atoms with E-state index in [4.69, 9.17) is 4.84 Å². The molecule has 0 radical (unpaired) electrons. The summed E-state index contributed by atoms with van der Waals surface area (Å²) in [6, 6.07) is 14.4. The van der Waals surface area contributed by atoms with Crippen molar-refractivity contribution in [1.82, 2.24) is 5.06 Å². The van der Waals surface area contributed by atoms with Crippen molar-refractivity contribution in [1.29, 1.82) is 0 Å². The Morgan fingerprint density at radius 2 is 1.77 bits per heavy atom. The van der Waals surface area contributed by atoms with Crippen molar-refractivity contribution in [3.8, 4) is 0 Å². The number of hydroxylamine groups is 2. The molecule has 1 N–H and O–H groups in total. The van der Waals surface area contributed by atoms with Gasteiger partial charge in [0.2, 0.25) is 5.88 Å². The molecule has 0 amide bonds. The lowest BCUT2D eigenvalue weighted by molar-refractivity contribution is -0.244. The summed E-state index contributed by atoms with van der Waals surface area (Å²) in [6.07, 6.45) is 1.65. The van der Waals surface area contributed by atoms with E-state index in [0.717, 1.165) is 5.56 Å². The molecule has 1 unspecified atom stereocenters. The van der Waals surface area contributed by atoms with E-state index in [1.165, 1.54) is 10.8 Å². The van der Waals surface area contributed by atoms with Crippen molar-refractivity contribution in [2.75, 3.05) is 0 Å². The van der Waals surface area contributed by atoms with Crippen LogP contribution in [0.15, 0.2) is 54.4 Å². The third-order valence-corrected chi connectivity index (χ3v) is 3.48. The van der Waals surface area contributed by atoms with Gasteiger partial charge >= 0.3 is 0 Å². The Balaban J connectivity index is 2.47. The fraction of sp³-hybridized carbons (Fsp3) is 0.368. The highest BCUT2D eigenvalue weighted by Gasteiger charge is 2.25. The van der Waals surface area contributed by atoms with E-state index in [1.54, 1.807) is 18.1 Å². The number of hydrogen-bond acceptors (Lipinski definition) is 3. The van der Waals surface area contributed by atoms with Crippen LogP contribution in [0, 0.1) is 0 Å². The molecule has 0 fully saturated rings. The van der Waals surface area contributed by atoms with E-state index >= 15 is 0 Å². The number of aliphatic hydroxyl groups is 1. The molecule has 2 rings (SSSR count). The molecule has 1 atom stereocenters. The van der Waals surface area contributed by atoms with Crippen molar-refractivity contribution < 1.29 is 9.94 Å². The highest BCUT2D eigenvalue weighted by atomic mass is 16.7. The van der Waals surface area contributed by atoms with Gasteiger partial charge in [0.15, 0.2) is 0 Å². The van der Waals surface area contributed by atoms with E-state index in [9.17, 15) is 5.11 Å². The number of hydrogen-bond donors (Lipinski definition) is 1. The minimum absolute atomic E-state index is 0.110. The molecule has 3 heteroatoms. The quantitative estimate of drug-likeness (QED) is 0.610. The first-order valence-corrected chi connectivity index (χ1v) is 7.65. The van der Waals surface area contributed by atoms with Crippen LogP contribution in [0.25, 0.3) is 10.8 Å². The fourth-order valence-electron chi connectivity index (χ4n) is 2.49. The molecular formula is C19H25NO2. The Hall–Kier alpha value is -2.00. The van der Waals surface area contributed by atoms with E-state index in [0.29, 0.717) is 0 Å². The molecule has 22 heavy (non-hydrogen) atoms. The van der Waals surface area contributed by atoms with Crippen LogP contribution in [-0.4, -0.2) is 15.8 Å². The van der Waals surface area contributed by atoms with E-state index in [-0.39, 0.29) is 11.9 Å². The molecule has 0 heterocycles. The molecule has 0 aliphatic rings. The number of benzene rings is 2. The molecule has 0 saturated heterocycles. The second-order valence-corrected chi connectivity index (χ2v) is 6.42. The van der Waals surface area contributed by atoms with Gasteiger partial charge in [0.05, 0.1) is 11.6 Å². The summed E-state index contributed by atoms with van der Waals surface area (Å²) >= 11 is 0. The smallest absolute Gasteiger partial charge is 0.207 e. The maximum absolute atomic E-state index is 10.2. The van der Waals surface area contributed by atoms with Gasteiger partial charge in [-0.1, -0.05) is 42.5 Å². The molecular weight excluding hydrogens is 274 g/mol. The van der Waals surface area contributed by atoms with Crippen LogP contribution in [0.1, 0.15) is 46.2 Å². The van der Waals surface area contributed by atoms with Crippen molar-refractivity contribution in [2.45, 2.75) is 46.3 Å². The minimum Gasteiger partial charge on any atom is -0.493 e. The third-order valence-electron chi connectivity index (χ3n) is 3.48. The molecule has 2 aromatic carbocycles. The number of allylic oxidation sites excluding steroid dienone is 1. The molecule has 0 aliphatic carbocycles. The summed E-state index contributed by atoms with van der Waals surface area (Å²) < 4.78 is 0. The highest BCUT2D eigenvalue weighted by molar-refractivity contribution is 5.86. The van der Waals surface area contributed by atoms with Gasteiger partial charge in [0.25, 0.3) is 0 Å². The minimum atomic E-state index is -0.393. The van der Waals surface area contributed by atoms with Crippen LogP contribution in [0.5, 0.6) is 0 Å². The second kappa shape index (κ2) is 6.41. The molecule has 0 saturated carbocycles. The van der Waals surface area contributed by atoms with Gasteiger partial charge in [-0.2, -0.15) is 0 Å². The van der Waals surface area contributed by atoms with Crippen LogP contribution < -0.4 is 0 Å². The normalized spacial score (nSPS) is 14.1. The third kappa shape index (κ3) is 3.60. The average Bonchev–Trinajstić information content (AvgIpc) is 2.49. The molecule has 118 valence electrons. The summed E-state index contributed by atoms with van der Waals surface area (Å²) in [4.78, 5) is 5.97. The molecule has 2 aromatic rings. The molecule has 0 aromatic heterocycles. The predicted octanol–water partition coefficient (Wildman–Crippen LogP) is 5.35. The zero-order chi connectivity index (χ0) is 16.3. The van der Waals surface area contributed by atoms with Crippen LogP contribution in [0.4, 0.5) is 0 Å². The van der Waals surface area contributed by atoms with Gasteiger partial charge in [-0.05, 0) is 57.0 Å². The van der Waals surface area contributed by atoms with Crippen molar-refractivity contribution in [3.05, 3.63) is 60.0 Å². The summed E-state index contributed by atoms with van der Waals surface area (Å²) in [5, 5.41) is 14.2. The highest BCUT2D eigenvalue weighted by Crippen LogP contribution is 2.31. The van der Waals surface area contributed by atoms with E-state index in [2.05, 4.69) is 24.3 Å². The number of rotatable bonds is 4. The molecule has 0 spiro atoms. The monoisotopic (exact) mass is 299 g/mol. The van der Waals surface area contributed by atoms with Gasteiger partial charge in [-0.15, -0.1) is 0 Å². The number of fused-ring (bicyclic) bond motifs is 1. The Morgan fingerprint density at radius 3 is 2.41 bits per heavy atom. The van der Waals surface area contributed by atoms with Gasteiger partial charge < -0.3 is 5.11 Å². The first-order chi connectivity index (χ1) is 10.3. The lowest BCUT2D eigenvalue weighted by atomic mass is 9.99. The molecule has 3 nitrogen and oxygen atoms in total. The summed E-state index contributed by atoms with van der Waals surface area (Å²) in [5.74, 6) is 0.121. The summed E-state index contributed by atoms with van der Waals surface area (Å²) in [5.41, 5.74) is 0.728. The Morgan fingerprint density at radius 1 is 1.14 bits per heavy atom. The average molecular weight is 299 g/mol. The van der Waals surface area contributed by atoms with Crippen molar-refractivity contribution in [3.63, 3.8) is 0 Å². The van der Waals surface area contributed by atoms with Crippen LogP contribution >= 0.6 is 0 Å². The van der Waals surface area contributed by atoms with Crippen molar-refractivity contribution in [2.24, 2.45) is 0 Å². The number of nitrogens with zero attached hydrogens (tertiary/aromatic N) is 1. The Kier molecular flexibility index (Phi) is 4.77. The van der Waals surface area contributed by atoms with Crippen LogP contribution in [0.2, 0.25) is 0 Å². The first kappa shape index (κ1) is 16.4. The maximum atomic E-state index is 10.2. The first-order valence-electron chi connectivity index (χ1n) is 7.65. The summed E-state index contributed by atoms with van der Waals surface area (Å²) in [7, 11) is 0. The maximum Gasteiger partial charge on any atom is 0.207 e. The zero-order valence-electron chi connectivity index (χ0n) is 14.0. The van der Waals surface area contributed by atoms with Crippen LogP contribution in [0.3, 0.4) is 0 Å². The van der Waals surface area contributed by atoms with E-state index in [1.807, 2.05) is 45.9 Å². The van der Waals surface area contributed by atoms with Gasteiger partial charge in [0.1, 0.15) is 0 Å². The lowest BCUT2D eigenvalue weighted by Crippen LogP contribution is -2.35. The largest absolute Gasteiger partial charge is 0.493 e. The molecule has 0 aliphatic heterocycles. The van der Waals surface area contributed by atoms with Gasteiger partial charge in [0, 0.05) is 0 Å². The Bertz CT molecular complexity index is 665. The standard InChI is InChI=1S/C19H25NO2/c1-6-18(21)20(22-19(3,4)5)14(2)16-13-9-11-15-10-7-8-12-17(15)16/h6-14,21H,1-5H3/b18-6-. The second-order valence-electron chi connectivity index (χ2n) is 6.42. The number of aliphatic hydroxyl groups excluding tert-OH is 1.